The fourth-order valence-corrected chi connectivity index (χ4v) is 2.09. The van der Waals surface area contributed by atoms with Gasteiger partial charge in [0.15, 0.2) is 0 Å². The van der Waals surface area contributed by atoms with E-state index in [1.165, 1.54) is 6.20 Å². The number of nitrogens with two attached hydrogens (primary N) is 1. The molecule has 3 N–H and O–H groups in total. The first-order chi connectivity index (χ1) is 6.54. The number of ether oxygens (including phenoxy) is 1. The van der Waals surface area contributed by atoms with Gasteiger partial charge in [-0.2, -0.15) is 5.10 Å². The molecule has 0 saturated heterocycles. The first-order valence-electron chi connectivity index (χ1n) is 4.31. The molecule has 6 nitrogen and oxygen atoms in total. The number of aromatic nitrogens is 2. The van der Waals surface area contributed by atoms with Gasteiger partial charge < -0.3 is 4.74 Å². The van der Waals surface area contributed by atoms with Crippen molar-refractivity contribution in [2.45, 2.75) is 24.3 Å². The van der Waals surface area contributed by atoms with Gasteiger partial charge in [0.2, 0.25) is 5.88 Å². The minimum Gasteiger partial charge on any atom is -0.475 e. The van der Waals surface area contributed by atoms with E-state index in [4.69, 9.17) is 14.7 Å². The summed E-state index contributed by atoms with van der Waals surface area (Å²) in [5, 5.41) is 9.25. The molecule has 7 heteroatoms. The van der Waals surface area contributed by atoms with Crippen LogP contribution in [0.15, 0.2) is 11.1 Å². The second kappa shape index (κ2) is 2.96. The molecule has 0 spiro atoms. The van der Waals surface area contributed by atoms with E-state index in [1.54, 1.807) is 4.68 Å². The van der Waals surface area contributed by atoms with E-state index in [0.717, 1.165) is 6.42 Å². The van der Waals surface area contributed by atoms with Crippen LogP contribution in [0.1, 0.15) is 19.4 Å². The Bertz CT molecular complexity index is 450. The van der Waals surface area contributed by atoms with Crippen LogP contribution in [-0.4, -0.2) is 20.6 Å². The minimum atomic E-state index is -3.22. The van der Waals surface area contributed by atoms with Crippen LogP contribution in [0.3, 0.4) is 0 Å². The smallest absolute Gasteiger partial charge is 0.231 e. The third kappa shape index (κ3) is 1.28. The lowest BCUT2D eigenvalue weighted by Crippen LogP contribution is -2.10. The lowest BCUT2D eigenvalue weighted by atomic mass is 10.3. The zero-order chi connectivity index (χ0) is 10.3. The molecular formula is C7H12N4O2S. The molecule has 1 aliphatic rings. The number of nitrogens with one attached hydrogen (secondary N) is 1. The third-order valence-corrected chi connectivity index (χ3v) is 3.21. The SMILES string of the molecule is CC[C@@H]1COc2c(S(=N)(N)=O)cnn21. The predicted molar refractivity (Wildman–Crippen MR) is 50.4 cm³/mol. The summed E-state index contributed by atoms with van der Waals surface area (Å²) in [4.78, 5) is 0.188. The average Bonchev–Trinajstić information content (AvgIpc) is 2.59. The van der Waals surface area contributed by atoms with Crippen LogP contribution in [0, 0.1) is 4.78 Å². The van der Waals surface area contributed by atoms with E-state index in [9.17, 15) is 4.21 Å². The van der Waals surface area contributed by atoms with E-state index in [-0.39, 0.29) is 10.9 Å². The van der Waals surface area contributed by atoms with Gasteiger partial charge in [-0.15, -0.1) is 0 Å². The molecule has 1 aliphatic heterocycles. The van der Waals surface area contributed by atoms with Crippen LogP contribution >= 0.6 is 0 Å². The molecule has 1 aromatic rings. The summed E-state index contributed by atoms with van der Waals surface area (Å²) < 4.78 is 25.5. The van der Waals surface area contributed by atoms with Crippen molar-refractivity contribution in [3.05, 3.63) is 6.20 Å². The average molecular weight is 216 g/mol. The maximum absolute atomic E-state index is 11.3. The van der Waals surface area contributed by atoms with E-state index in [2.05, 4.69) is 5.10 Å². The summed E-state index contributed by atoms with van der Waals surface area (Å²) in [6, 6.07) is 0.167. The van der Waals surface area contributed by atoms with Gasteiger partial charge in [-0.05, 0) is 6.42 Å². The molecule has 1 aromatic heterocycles. The summed E-state index contributed by atoms with van der Waals surface area (Å²) in [6.45, 7) is 2.53. The van der Waals surface area contributed by atoms with E-state index >= 15 is 0 Å². The van der Waals surface area contributed by atoms with Gasteiger partial charge in [-0.25, -0.2) is 18.8 Å². The van der Waals surface area contributed by atoms with Crippen molar-refractivity contribution in [1.29, 1.82) is 4.78 Å². The van der Waals surface area contributed by atoms with Crippen LogP contribution < -0.4 is 9.88 Å². The van der Waals surface area contributed by atoms with Crippen LogP contribution in [0.25, 0.3) is 0 Å². The van der Waals surface area contributed by atoms with Gasteiger partial charge in [0.05, 0.1) is 12.2 Å². The van der Waals surface area contributed by atoms with Gasteiger partial charge in [-0.3, -0.25) is 0 Å². The Hall–Kier alpha value is -1.08. The van der Waals surface area contributed by atoms with Gasteiger partial charge in [0.25, 0.3) is 0 Å². The number of rotatable bonds is 2. The molecule has 0 aliphatic carbocycles. The summed E-state index contributed by atoms with van der Waals surface area (Å²) in [6.07, 6.45) is 2.24. The summed E-state index contributed by atoms with van der Waals surface area (Å²) in [7, 11) is -3.22. The maximum atomic E-state index is 11.3. The molecule has 2 atom stereocenters. The molecule has 0 fully saturated rings. The first kappa shape index (κ1) is 9.47. The molecule has 2 heterocycles. The highest BCUT2D eigenvalue weighted by Gasteiger charge is 2.28. The van der Waals surface area contributed by atoms with E-state index in [1.807, 2.05) is 6.92 Å². The van der Waals surface area contributed by atoms with Crippen LogP contribution in [-0.2, 0) is 9.92 Å². The molecule has 2 rings (SSSR count). The summed E-state index contributed by atoms with van der Waals surface area (Å²) in [5.74, 6) is 0.388. The Morgan fingerprint density at radius 2 is 2.64 bits per heavy atom. The largest absolute Gasteiger partial charge is 0.475 e. The second-order valence-electron chi connectivity index (χ2n) is 3.23. The van der Waals surface area contributed by atoms with Crippen molar-refractivity contribution >= 4 is 9.92 Å². The van der Waals surface area contributed by atoms with Gasteiger partial charge >= 0.3 is 0 Å². The molecule has 14 heavy (non-hydrogen) atoms. The van der Waals surface area contributed by atoms with Crippen molar-refractivity contribution in [1.82, 2.24) is 9.78 Å². The first-order valence-corrected chi connectivity index (χ1v) is 5.93. The Morgan fingerprint density at radius 1 is 1.93 bits per heavy atom. The minimum absolute atomic E-state index is 0.167. The van der Waals surface area contributed by atoms with Crippen molar-refractivity contribution in [2.24, 2.45) is 5.14 Å². The predicted octanol–water partition coefficient (Wildman–Crippen LogP) is 0.506. The Kier molecular flexibility index (Phi) is 2.00. The standard InChI is InChI=1S/C7H12N4O2S/c1-2-5-4-13-7-6(14(8,9)12)3-10-11(5)7/h3,5H,2,4H2,1H3,(H3,8,9,12)/t5-/m1/s1. The topological polar surface area (TPSA) is 94.0 Å². The quantitative estimate of drug-likeness (QED) is 0.754. The zero-order valence-corrected chi connectivity index (χ0v) is 8.58. The van der Waals surface area contributed by atoms with E-state index < -0.39 is 9.92 Å². The highest BCUT2D eigenvalue weighted by molar-refractivity contribution is 7.90. The second-order valence-corrected chi connectivity index (χ2v) is 4.87. The number of fused-ring (bicyclic) bond motifs is 1. The van der Waals surface area contributed by atoms with Gasteiger partial charge in [0, 0.05) is 0 Å². The lowest BCUT2D eigenvalue weighted by molar-refractivity contribution is 0.315. The number of hydrogen-bond donors (Lipinski definition) is 2. The third-order valence-electron chi connectivity index (χ3n) is 2.27. The molecule has 0 radical (unpaired) electrons. The van der Waals surface area contributed by atoms with Crippen LogP contribution in [0.5, 0.6) is 5.88 Å². The molecule has 78 valence electrons. The summed E-state index contributed by atoms with van der Waals surface area (Å²) in [5.41, 5.74) is 0. The summed E-state index contributed by atoms with van der Waals surface area (Å²) >= 11 is 0. The van der Waals surface area contributed by atoms with Gasteiger partial charge in [0.1, 0.15) is 21.4 Å². The fourth-order valence-electron chi connectivity index (χ4n) is 1.48. The Balaban J connectivity index is 2.51. The molecule has 0 bridgehead atoms. The molecule has 1 unspecified atom stereocenters. The van der Waals surface area contributed by atoms with Crippen molar-refractivity contribution in [3.63, 3.8) is 0 Å². The van der Waals surface area contributed by atoms with Crippen LogP contribution in [0.2, 0.25) is 0 Å². The Morgan fingerprint density at radius 3 is 3.21 bits per heavy atom. The normalized spacial score (nSPS) is 24.0. The fraction of sp³-hybridized carbons (Fsp3) is 0.571. The number of nitrogens with zero attached hydrogens (tertiary/aromatic N) is 2. The highest BCUT2D eigenvalue weighted by atomic mass is 32.2. The monoisotopic (exact) mass is 216 g/mol. The maximum Gasteiger partial charge on any atom is 0.231 e. The highest BCUT2D eigenvalue weighted by Crippen LogP contribution is 2.32. The van der Waals surface area contributed by atoms with E-state index in [0.29, 0.717) is 12.5 Å². The number of hydrogen-bond acceptors (Lipinski definition) is 4. The molecule has 0 saturated carbocycles. The zero-order valence-electron chi connectivity index (χ0n) is 7.77. The lowest BCUT2D eigenvalue weighted by Gasteiger charge is -2.02. The van der Waals surface area contributed by atoms with Gasteiger partial charge in [-0.1, -0.05) is 6.92 Å². The van der Waals surface area contributed by atoms with Crippen molar-refractivity contribution in [2.75, 3.05) is 6.61 Å². The van der Waals surface area contributed by atoms with Crippen LogP contribution in [0.4, 0.5) is 0 Å². The Labute approximate surface area is 82.1 Å². The molecular weight excluding hydrogens is 204 g/mol. The molecule has 0 aromatic carbocycles. The van der Waals surface area contributed by atoms with Crippen molar-refractivity contribution < 1.29 is 8.95 Å². The van der Waals surface area contributed by atoms with Crippen molar-refractivity contribution in [3.8, 4) is 5.88 Å². The molecule has 0 amide bonds.